The third kappa shape index (κ3) is 10.0. The number of nitriles is 1. The smallest absolute Gasteiger partial charge is 0.167 e. The number of furan rings is 1. The van der Waals surface area contributed by atoms with Gasteiger partial charge in [0.1, 0.15) is 22.9 Å². The molecule has 5 aromatic heterocycles. The lowest BCUT2D eigenvalue weighted by Gasteiger charge is -2.24. The van der Waals surface area contributed by atoms with Crippen LogP contribution in [0.3, 0.4) is 0 Å². The van der Waals surface area contributed by atoms with Crippen LogP contribution in [0, 0.1) is 11.3 Å². The summed E-state index contributed by atoms with van der Waals surface area (Å²) in [5.41, 5.74) is 18.6. The zero-order valence-electron chi connectivity index (χ0n) is 58.9. The number of benzene rings is 10. The summed E-state index contributed by atoms with van der Waals surface area (Å²) in [6, 6.07) is 71.6. The molecule has 0 atom stereocenters. The molecule has 0 amide bonds. The van der Waals surface area contributed by atoms with Crippen LogP contribution in [0.1, 0.15) is 164 Å². The van der Waals surface area contributed by atoms with E-state index in [0.29, 0.717) is 45.5 Å². The SMILES string of the molecule is CC(C)(C)c1ccc2c(c1)c1cc(C(C)(C)C)ccc1n2-c1c(C#N)c(-n2c3ccc(C(C)(C)C)cc3c3cc(C(C)(C)C)ccc32)c2c(oc3c(-c4nc(-c5ccccc5)nc(-c5ccccc5)n4)cccc32)c1-n1c2ccc(C(C)(C)C)cc2c2cc(C(C)(C)C)ccc21. The Kier molecular flexibility index (Phi) is 13.9. The average molecular weight is 1260 g/mol. The van der Waals surface area contributed by atoms with Crippen molar-refractivity contribution in [1.82, 2.24) is 28.7 Å². The maximum absolute atomic E-state index is 13.2. The zero-order valence-corrected chi connectivity index (χ0v) is 58.9. The highest BCUT2D eigenvalue weighted by atomic mass is 16.3. The Balaban J connectivity index is 1.23. The number of para-hydroxylation sites is 1. The molecule has 15 rings (SSSR count). The lowest BCUT2D eigenvalue weighted by Crippen LogP contribution is -2.13. The fourth-order valence-electron chi connectivity index (χ4n) is 14.4. The van der Waals surface area contributed by atoms with Crippen molar-refractivity contribution in [2.75, 3.05) is 0 Å². The minimum atomic E-state index is -0.162. The third-order valence-electron chi connectivity index (χ3n) is 20.1. The van der Waals surface area contributed by atoms with E-state index in [0.717, 1.165) is 98.7 Å². The maximum Gasteiger partial charge on any atom is 0.167 e. The van der Waals surface area contributed by atoms with E-state index in [1.54, 1.807) is 0 Å². The first-order chi connectivity index (χ1) is 45.4. The Hall–Kier alpha value is -10.1. The van der Waals surface area contributed by atoms with E-state index >= 15 is 0 Å². The number of nitrogens with zero attached hydrogens (tertiary/aromatic N) is 7. The molecule has 0 aliphatic heterocycles. The van der Waals surface area contributed by atoms with E-state index in [1.807, 2.05) is 60.7 Å². The second kappa shape index (κ2) is 21.5. The molecule has 0 saturated carbocycles. The summed E-state index contributed by atoms with van der Waals surface area (Å²) < 4.78 is 15.4. The third-order valence-corrected chi connectivity index (χ3v) is 20.1. The Morgan fingerprint density at radius 1 is 0.302 bits per heavy atom. The van der Waals surface area contributed by atoms with Crippen LogP contribution in [-0.2, 0) is 32.5 Å². The van der Waals surface area contributed by atoms with Crippen molar-refractivity contribution in [3.8, 4) is 57.3 Å². The molecule has 96 heavy (non-hydrogen) atoms. The van der Waals surface area contributed by atoms with Gasteiger partial charge in [0.25, 0.3) is 0 Å². The van der Waals surface area contributed by atoms with Gasteiger partial charge in [-0.3, -0.25) is 0 Å². The second-order valence-electron chi connectivity index (χ2n) is 33.0. The summed E-state index contributed by atoms with van der Waals surface area (Å²) in [6.07, 6.45) is 0. The van der Waals surface area contributed by atoms with Crippen molar-refractivity contribution in [3.05, 3.63) is 227 Å². The Bertz CT molecular complexity index is 5490. The van der Waals surface area contributed by atoms with E-state index in [9.17, 15) is 5.26 Å². The van der Waals surface area contributed by atoms with Crippen LogP contribution in [0.15, 0.2) is 192 Å². The molecule has 0 aliphatic carbocycles. The van der Waals surface area contributed by atoms with Crippen molar-refractivity contribution in [2.24, 2.45) is 0 Å². The van der Waals surface area contributed by atoms with Gasteiger partial charge in [-0.25, -0.2) is 15.0 Å². The van der Waals surface area contributed by atoms with Gasteiger partial charge in [0.15, 0.2) is 23.1 Å². The van der Waals surface area contributed by atoms with Crippen molar-refractivity contribution < 1.29 is 4.42 Å². The standard InChI is InChI=1S/C88H85N7O/c1-83(2,3)53-32-38-68-61(44-53)62-45-54(84(4,5)6)33-39-69(62)93(68)75-67(50-89)76(94-70-40-34-55(85(7,8)9)46-63(70)64-47-56(86(10,11)12)35-41-71(64)94)77(95-72-42-36-57(87(13,14)15)48-65(72)66-49-58(88(16,17)18)37-43-73(66)95)79-74(75)59-30-25-31-60(78(59)96-79)82-91-80(51-26-21-19-22-27-51)90-81(92-82)52-28-23-20-24-29-52/h19-49H,1-18H3. The Labute approximate surface area is 563 Å². The molecule has 15 aromatic rings. The molecular weight excluding hydrogens is 1170 g/mol. The summed E-state index contributed by atoms with van der Waals surface area (Å²) in [4.78, 5) is 16.0. The highest BCUT2D eigenvalue weighted by Crippen LogP contribution is 2.52. The lowest BCUT2D eigenvalue weighted by molar-refractivity contribution is 0.590. The molecule has 0 aliphatic rings. The average Bonchev–Trinajstić information content (AvgIpc) is 1.50. The van der Waals surface area contributed by atoms with Crippen LogP contribution in [0.4, 0.5) is 0 Å². The van der Waals surface area contributed by atoms with Gasteiger partial charge in [-0.1, -0.05) is 234 Å². The van der Waals surface area contributed by atoms with E-state index in [2.05, 4.69) is 272 Å². The van der Waals surface area contributed by atoms with Crippen LogP contribution in [0.25, 0.3) is 139 Å². The van der Waals surface area contributed by atoms with Gasteiger partial charge in [-0.2, -0.15) is 5.26 Å². The van der Waals surface area contributed by atoms with Crippen LogP contribution >= 0.6 is 0 Å². The van der Waals surface area contributed by atoms with Crippen LogP contribution in [0.5, 0.6) is 0 Å². The molecular formula is C88H85N7O. The summed E-state index contributed by atoms with van der Waals surface area (Å²) >= 11 is 0. The quantitative estimate of drug-likeness (QED) is 0.165. The van der Waals surface area contributed by atoms with Gasteiger partial charge in [0.2, 0.25) is 0 Å². The highest BCUT2D eigenvalue weighted by Gasteiger charge is 2.36. The molecule has 5 heterocycles. The summed E-state index contributed by atoms with van der Waals surface area (Å²) in [5, 5.41) is 21.5. The number of rotatable bonds is 6. The largest absolute Gasteiger partial charge is 0.453 e. The molecule has 478 valence electrons. The van der Waals surface area contributed by atoms with Gasteiger partial charge in [-0.15, -0.1) is 0 Å². The first kappa shape index (κ1) is 62.0. The van der Waals surface area contributed by atoms with Gasteiger partial charge in [-0.05, 0) is 145 Å². The molecule has 0 spiro atoms. The Morgan fingerprint density at radius 2 is 0.604 bits per heavy atom. The Morgan fingerprint density at radius 3 is 0.917 bits per heavy atom. The number of aromatic nitrogens is 6. The second-order valence-corrected chi connectivity index (χ2v) is 33.0. The van der Waals surface area contributed by atoms with Crippen LogP contribution in [0.2, 0.25) is 0 Å². The van der Waals surface area contributed by atoms with Gasteiger partial charge in [0.05, 0.1) is 55.4 Å². The number of fused-ring (bicyclic) bond motifs is 12. The maximum atomic E-state index is 13.2. The molecule has 0 radical (unpaired) electrons. The molecule has 0 fully saturated rings. The molecule has 0 bridgehead atoms. The lowest BCUT2D eigenvalue weighted by atomic mass is 9.85. The molecule has 0 N–H and O–H groups in total. The van der Waals surface area contributed by atoms with Gasteiger partial charge in [0, 0.05) is 48.8 Å². The summed E-state index contributed by atoms with van der Waals surface area (Å²) in [7, 11) is 0. The molecule has 8 nitrogen and oxygen atoms in total. The predicted octanol–water partition coefficient (Wildman–Crippen LogP) is 23.7. The van der Waals surface area contributed by atoms with Crippen LogP contribution < -0.4 is 0 Å². The van der Waals surface area contributed by atoms with Crippen molar-refractivity contribution in [1.29, 1.82) is 5.26 Å². The summed E-state index contributed by atoms with van der Waals surface area (Å²) in [5.74, 6) is 1.55. The normalized spacial score (nSPS) is 13.1. The zero-order chi connectivity index (χ0) is 67.7. The van der Waals surface area contributed by atoms with E-state index in [-0.39, 0.29) is 32.5 Å². The highest BCUT2D eigenvalue weighted by molar-refractivity contribution is 6.22. The predicted molar refractivity (Wildman–Crippen MR) is 403 cm³/mol. The van der Waals surface area contributed by atoms with E-state index < -0.39 is 0 Å². The number of hydrogen-bond donors (Lipinski definition) is 0. The van der Waals surface area contributed by atoms with Crippen LogP contribution in [-0.4, -0.2) is 28.7 Å². The van der Waals surface area contributed by atoms with Crippen molar-refractivity contribution in [3.63, 3.8) is 0 Å². The minimum Gasteiger partial charge on any atom is -0.453 e. The molecule has 0 saturated heterocycles. The topological polar surface area (TPSA) is 90.4 Å². The van der Waals surface area contributed by atoms with E-state index in [1.165, 1.54) is 33.4 Å². The first-order valence-electron chi connectivity index (χ1n) is 34.0. The van der Waals surface area contributed by atoms with E-state index in [4.69, 9.17) is 19.4 Å². The van der Waals surface area contributed by atoms with Gasteiger partial charge < -0.3 is 18.1 Å². The van der Waals surface area contributed by atoms with Crippen molar-refractivity contribution in [2.45, 2.75) is 157 Å². The first-order valence-corrected chi connectivity index (χ1v) is 34.0. The van der Waals surface area contributed by atoms with Crippen molar-refractivity contribution >= 4 is 87.4 Å². The fourth-order valence-corrected chi connectivity index (χ4v) is 14.4. The van der Waals surface area contributed by atoms with Gasteiger partial charge >= 0.3 is 0 Å². The molecule has 8 heteroatoms. The molecule has 0 unspecified atom stereocenters. The monoisotopic (exact) mass is 1260 g/mol. The molecule has 10 aromatic carbocycles. The summed E-state index contributed by atoms with van der Waals surface area (Å²) in [6.45, 7) is 41.2. The minimum absolute atomic E-state index is 0.156. The fraction of sp³-hybridized carbons (Fsp3) is 0.273. The number of hydrogen-bond acceptors (Lipinski definition) is 5.